The first-order valence-electron chi connectivity index (χ1n) is 6.50. The molecular weight excluding hydrogens is 284 g/mol. The van der Waals surface area contributed by atoms with Gasteiger partial charge in [0.25, 0.3) is 5.69 Å². The van der Waals surface area contributed by atoms with Crippen LogP contribution in [0.2, 0.25) is 0 Å². The van der Waals surface area contributed by atoms with Gasteiger partial charge in [-0.1, -0.05) is 36.4 Å². The molecule has 0 amide bonds. The summed E-state index contributed by atoms with van der Waals surface area (Å²) in [4.78, 5) is 26.4. The van der Waals surface area contributed by atoms with Crippen LogP contribution in [0.5, 0.6) is 0 Å². The molecule has 0 saturated heterocycles. The molecule has 6 heteroatoms. The predicted octanol–water partition coefficient (Wildman–Crippen LogP) is 3.26. The first-order chi connectivity index (χ1) is 10.5. The third kappa shape index (κ3) is 3.35. The van der Waals surface area contributed by atoms with Crippen molar-refractivity contribution in [2.45, 2.75) is 6.92 Å². The molecule has 1 aromatic heterocycles. The zero-order chi connectivity index (χ0) is 16.1. The van der Waals surface area contributed by atoms with E-state index in [2.05, 4.69) is 9.72 Å². The van der Waals surface area contributed by atoms with Crippen molar-refractivity contribution in [2.75, 3.05) is 7.11 Å². The van der Waals surface area contributed by atoms with Crippen LogP contribution in [0, 0.1) is 17.0 Å². The van der Waals surface area contributed by atoms with Gasteiger partial charge < -0.3 is 4.74 Å². The number of esters is 1. The Morgan fingerprint density at radius 3 is 2.55 bits per heavy atom. The van der Waals surface area contributed by atoms with Crippen molar-refractivity contribution in [1.29, 1.82) is 0 Å². The summed E-state index contributed by atoms with van der Waals surface area (Å²) < 4.78 is 4.64. The van der Waals surface area contributed by atoms with E-state index in [1.807, 2.05) is 30.3 Å². The number of ether oxygens (including phenoxy) is 1. The number of nitro groups is 1. The van der Waals surface area contributed by atoms with Gasteiger partial charge >= 0.3 is 5.97 Å². The van der Waals surface area contributed by atoms with E-state index < -0.39 is 10.9 Å². The van der Waals surface area contributed by atoms with Crippen LogP contribution in [0.3, 0.4) is 0 Å². The molecule has 0 fully saturated rings. The zero-order valence-corrected chi connectivity index (χ0v) is 12.1. The molecule has 0 aliphatic heterocycles. The smallest absolute Gasteiger partial charge is 0.356 e. The molecular formula is C16H14N2O4. The van der Waals surface area contributed by atoms with E-state index in [-0.39, 0.29) is 17.1 Å². The van der Waals surface area contributed by atoms with Crippen molar-refractivity contribution in [3.05, 3.63) is 69.0 Å². The molecule has 2 rings (SSSR count). The lowest BCUT2D eigenvalue weighted by molar-refractivity contribution is -0.385. The highest BCUT2D eigenvalue weighted by molar-refractivity contribution is 5.90. The van der Waals surface area contributed by atoms with Gasteiger partial charge in [-0.3, -0.25) is 10.1 Å². The Bertz CT molecular complexity index is 739. The van der Waals surface area contributed by atoms with Gasteiger partial charge in [-0.15, -0.1) is 0 Å². The van der Waals surface area contributed by atoms with Gasteiger partial charge in [0.05, 0.1) is 12.0 Å². The van der Waals surface area contributed by atoms with E-state index in [1.54, 1.807) is 13.0 Å². The summed E-state index contributed by atoms with van der Waals surface area (Å²) in [5.41, 5.74) is 1.30. The molecule has 0 aliphatic carbocycles. The van der Waals surface area contributed by atoms with E-state index in [0.717, 1.165) is 5.56 Å². The number of hydrogen-bond donors (Lipinski definition) is 0. The number of carbonyl (C=O) groups excluding carboxylic acids is 1. The molecule has 1 heterocycles. The fourth-order valence-corrected chi connectivity index (χ4v) is 1.92. The number of nitrogens with zero attached hydrogens (tertiary/aromatic N) is 2. The summed E-state index contributed by atoms with van der Waals surface area (Å²) in [5.74, 6) is -0.623. The highest BCUT2D eigenvalue weighted by Crippen LogP contribution is 2.23. The van der Waals surface area contributed by atoms with Gasteiger partial charge in [0, 0.05) is 6.07 Å². The SMILES string of the molecule is COC(=O)c1nc(/C=C/c2ccccc2)c([N+](=O)[O-])cc1C. The van der Waals surface area contributed by atoms with Crippen LogP contribution >= 0.6 is 0 Å². The number of rotatable bonds is 4. The Kier molecular flexibility index (Phi) is 4.63. The molecule has 0 aliphatic rings. The Hall–Kier alpha value is -3.02. The van der Waals surface area contributed by atoms with E-state index in [1.165, 1.54) is 19.3 Å². The fourth-order valence-electron chi connectivity index (χ4n) is 1.92. The minimum absolute atomic E-state index is 0.0702. The highest BCUT2D eigenvalue weighted by atomic mass is 16.6. The lowest BCUT2D eigenvalue weighted by atomic mass is 10.1. The lowest BCUT2D eigenvalue weighted by Crippen LogP contribution is -2.09. The zero-order valence-electron chi connectivity index (χ0n) is 12.1. The van der Waals surface area contributed by atoms with Crippen molar-refractivity contribution in [2.24, 2.45) is 0 Å². The van der Waals surface area contributed by atoms with E-state index in [9.17, 15) is 14.9 Å². The van der Waals surface area contributed by atoms with Crippen LogP contribution in [0.1, 0.15) is 27.3 Å². The average Bonchev–Trinajstić information content (AvgIpc) is 2.53. The minimum atomic E-state index is -0.623. The normalized spacial score (nSPS) is 10.6. The third-order valence-corrected chi connectivity index (χ3v) is 3.03. The van der Waals surface area contributed by atoms with Crippen LogP contribution in [-0.2, 0) is 4.74 Å². The monoisotopic (exact) mass is 298 g/mol. The molecule has 0 atom stereocenters. The Morgan fingerprint density at radius 2 is 1.95 bits per heavy atom. The third-order valence-electron chi connectivity index (χ3n) is 3.03. The fraction of sp³-hybridized carbons (Fsp3) is 0.125. The Morgan fingerprint density at radius 1 is 1.27 bits per heavy atom. The second kappa shape index (κ2) is 6.62. The topological polar surface area (TPSA) is 82.3 Å². The second-order valence-corrected chi connectivity index (χ2v) is 4.55. The molecule has 0 saturated carbocycles. The molecule has 2 aromatic rings. The molecule has 0 radical (unpaired) electrons. The minimum Gasteiger partial charge on any atom is -0.464 e. The van der Waals surface area contributed by atoms with Crippen molar-refractivity contribution < 1.29 is 14.5 Å². The lowest BCUT2D eigenvalue weighted by Gasteiger charge is -2.05. The molecule has 112 valence electrons. The van der Waals surface area contributed by atoms with Gasteiger partial charge in [0.2, 0.25) is 0 Å². The molecule has 0 unspecified atom stereocenters. The maximum atomic E-state index is 11.7. The molecule has 22 heavy (non-hydrogen) atoms. The number of benzene rings is 1. The quantitative estimate of drug-likeness (QED) is 0.491. The maximum absolute atomic E-state index is 11.7. The largest absolute Gasteiger partial charge is 0.464 e. The van der Waals surface area contributed by atoms with E-state index in [0.29, 0.717) is 5.56 Å². The molecule has 1 aromatic carbocycles. The van der Waals surface area contributed by atoms with Crippen LogP contribution in [-0.4, -0.2) is 23.0 Å². The number of pyridine rings is 1. The van der Waals surface area contributed by atoms with Crippen molar-refractivity contribution >= 4 is 23.8 Å². The summed E-state index contributed by atoms with van der Waals surface area (Å²) in [6.07, 6.45) is 3.21. The molecule has 0 bridgehead atoms. The second-order valence-electron chi connectivity index (χ2n) is 4.55. The highest BCUT2D eigenvalue weighted by Gasteiger charge is 2.20. The standard InChI is InChI=1S/C16H14N2O4/c1-11-10-14(18(20)21)13(17-15(11)16(19)22-2)9-8-12-6-4-3-5-7-12/h3-10H,1-2H3/b9-8+. The average molecular weight is 298 g/mol. The van der Waals surface area contributed by atoms with E-state index in [4.69, 9.17) is 0 Å². The van der Waals surface area contributed by atoms with Gasteiger partial charge in [0.15, 0.2) is 5.69 Å². The van der Waals surface area contributed by atoms with Gasteiger partial charge in [-0.05, 0) is 24.1 Å². The molecule has 0 N–H and O–H groups in total. The van der Waals surface area contributed by atoms with Crippen molar-refractivity contribution in [3.63, 3.8) is 0 Å². The van der Waals surface area contributed by atoms with Crippen LogP contribution in [0.25, 0.3) is 12.2 Å². The summed E-state index contributed by atoms with van der Waals surface area (Å²) in [5, 5.41) is 11.2. The van der Waals surface area contributed by atoms with Crippen LogP contribution in [0.4, 0.5) is 5.69 Å². The number of methoxy groups -OCH3 is 1. The maximum Gasteiger partial charge on any atom is 0.356 e. The number of carbonyl (C=O) groups is 1. The van der Waals surface area contributed by atoms with Crippen LogP contribution < -0.4 is 0 Å². The summed E-state index contributed by atoms with van der Waals surface area (Å²) in [6.45, 7) is 1.58. The van der Waals surface area contributed by atoms with Gasteiger partial charge in [0.1, 0.15) is 5.69 Å². The summed E-state index contributed by atoms with van der Waals surface area (Å²) in [6, 6.07) is 10.6. The Labute approximate surface area is 127 Å². The van der Waals surface area contributed by atoms with Crippen LogP contribution in [0.15, 0.2) is 36.4 Å². The van der Waals surface area contributed by atoms with E-state index >= 15 is 0 Å². The number of aryl methyl sites for hydroxylation is 1. The van der Waals surface area contributed by atoms with Gasteiger partial charge in [-0.25, -0.2) is 9.78 Å². The molecule has 0 spiro atoms. The number of hydrogen-bond acceptors (Lipinski definition) is 5. The summed E-state index contributed by atoms with van der Waals surface area (Å²) in [7, 11) is 1.24. The number of aromatic nitrogens is 1. The predicted molar refractivity (Wildman–Crippen MR) is 82.3 cm³/mol. The van der Waals surface area contributed by atoms with Crippen molar-refractivity contribution in [1.82, 2.24) is 4.98 Å². The van der Waals surface area contributed by atoms with Gasteiger partial charge in [-0.2, -0.15) is 0 Å². The Balaban J connectivity index is 2.50. The first-order valence-corrected chi connectivity index (χ1v) is 6.50. The summed E-state index contributed by atoms with van der Waals surface area (Å²) >= 11 is 0. The van der Waals surface area contributed by atoms with Crippen molar-refractivity contribution in [3.8, 4) is 0 Å². The molecule has 6 nitrogen and oxygen atoms in total. The first kappa shape index (κ1) is 15.4.